The van der Waals surface area contributed by atoms with Gasteiger partial charge in [0.1, 0.15) is 5.54 Å². The van der Waals surface area contributed by atoms with Crippen LogP contribution in [-0.2, 0) is 0 Å². The summed E-state index contributed by atoms with van der Waals surface area (Å²) in [6, 6.07) is 9.57. The average Bonchev–Trinajstić information content (AvgIpc) is 2.42. The summed E-state index contributed by atoms with van der Waals surface area (Å²) < 4.78 is 0. The monoisotopic (exact) mass is 257 g/mol. The number of carbonyl (C=O) groups is 1. The highest BCUT2D eigenvalue weighted by Crippen LogP contribution is 2.27. The number of rotatable bonds is 2. The van der Waals surface area contributed by atoms with Crippen LogP contribution in [0.3, 0.4) is 0 Å². The molecule has 1 aromatic rings. The van der Waals surface area contributed by atoms with Crippen molar-refractivity contribution in [3.05, 3.63) is 29.8 Å². The van der Waals surface area contributed by atoms with E-state index in [0.29, 0.717) is 0 Å². The van der Waals surface area contributed by atoms with Gasteiger partial charge in [-0.3, -0.25) is 0 Å². The standard InChI is InChI=1S/C15H19N3O/c1-12-5-7-13(8-6-12)17-14(19)18-15(11-16)9-3-2-4-10-15/h5-8H,2-4,9-10H2,1H3,(H2,17,18,19). The summed E-state index contributed by atoms with van der Waals surface area (Å²) in [7, 11) is 0. The van der Waals surface area contributed by atoms with Gasteiger partial charge < -0.3 is 10.6 Å². The highest BCUT2D eigenvalue weighted by Gasteiger charge is 2.33. The molecule has 1 aliphatic rings. The van der Waals surface area contributed by atoms with Crippen molar-refractivity contribution in [2.45, 2.75) is 44.6 Å². The predicted octanol–water partition coefficient (Wildman–Crippen LogP) is 3.34. The third-order valence-corrected chi connectivity index (χ3v) is 3.58. The van der Waals surface area contributed by atoms with Gasteiger partial charge in [0.25, 0.3) is 0 Å². The molecule has 1 saturated carbocycles. The molecule has 0 bridgehead atoms. The molecule has 0 heterocycles. The van der Waals surface area contributed by atoms with Crippen molar-refractivity contribution >= 4 is 11.7 Å². The zero-order valence-electron chi connectivity index (χ0n) is 11.2. The molecule has 19 heavy (non-hydrogen) atoms. The number of anilines is 1. The van der Waals surface area contributed by atoms with Crippen molar-refractivity contribution in [1.29, 1.82) is 5.26 Å². The van der Waals surface area contributed by atoms with E-state index in [1.807, 2.05) is 31.2 Å². The minimum absolute atomic E-state index is 0.299. The van der Waals surface area contributed by atoms with Crippen LogP contribution in [0.15, 0.2) is 24.3 Å². The number of benzene rings is 1. The van der Waals surface area contributed by atoms with Crippen LogP contribution in [0.1, 0.15) is 37.7 Å². The van der Waals surface area contributed by atoms with E-state index in [9.17, 15) is 10.1 Å². The number of urea groups is 1. The number of hydrogen-bond acceptors (Lipinski definition) is 2. The first kappa shape index (κ1) is 13.4. The van der Waals surface area contributed by atoms with Crippen LogP contribution < -0.4 is 10.6 Å². The molecular formula is C15H19N3O. The molecule has 0 radical (unpaired) electrons. The van der Waals surface area contributed by atoms with Crippen LogP contribution in [0.25, 0.3) is 0 Å². The van der Waals surface area contributed by atoms with Crippen molar-refractivity contribution in [2.24, 2.45) is 0 Å². The van der Waals surface area contributed by atoms with Gasteiger partial charge in [0.2, 0.25) is 0 Å². The molecule has 4 nitrogen and oxygen atoms in total. The van der Waals surface area contributed by atoms with Gasteiger partial charge in [-0.2, -0.15) is 5.26 Å². The lowest BCUT2D eigenvalue weighted by molar-refractivity contribution is 0.233. The summed E-state index contributed by atoms with van der Waals surface area (Å²) in [4.78, 5) is 12.0. The topological polar surface area (TPSA) is 64.9 Å². The maximum Gasteiger partial charge on any atom is 0.320 e. The highest BCUT2D eigenvalue weighted by molar-refractivity contribution is 5.90. The van der Waals surface area contributed by atoms with E-state index in [4.69, 9.17) is 0 Å². The summed E-state index contributed by atoms with van der Waals surface area (Å²) in [5, 5.41) is 14.9. The van der Waals surface area contributed by atoms with Gasteiger partial charge in [-0.25, -0.2) is 4.79 Å². The lowest BCUT2D eigenvalue weighted by atomic mass is 9.83. The third kappa shape index (κ3) is 3.47. The van der Waals surface area contributed by atoms with E-state index in [1.165, 1.54) is 0 Å². The fraction of sp³-hybridized carbons (Fsp3) is 0.467. The van der Waals surface area contributed by atoms with Crippen LogP contribution in [0.5, 0.6) is 0 Å². The number of amides is 2. The minimum Gasteiger partial charge on any atom is -0.319 e. The first-order valence-corrected chi connectivity index (χ1v) is 6.71. The molecule has 2 amide bonds. The Kier molecular flexibility index (Phi) is 4.06. The number of aryl methyl sites for hydroxylation is 1. The molecule has 0 spiro atoms. The second-order valence-corrected chi connectivity index (χ2v) is 5.20. The molecule has 1 aliphatic carbocycles. The summed E-state index contributed by atoms with van der Waals surface area (Å²) >= 11 is 0. The molecule has 4 heteroatoms. The SMILES string of the molecule is Cc1ccc(NC(=O)NC2(C#N)CCCCC2)cc1. The largest absolute Gasteiger partial charge is 0.320 e. The Bertz CT molecular complexity index is 481. The van der Waals surface area contributed by atoms with E-state index in [0.717, 1.165) is 43.4 Å². The summed E-state index contributed by atoms with van der Waals surface area (Å²) in [5.74, 6) is 0. The molecule has 2 N–H and O–H groups in total. The van der Waals surface area contributed by atoms with Crippen LogP contribution in [0, 0.1) is 18.3 Å². The molecule has 0 atom stereocenters. The smallest absolute Gasteiger partial charge is 0.319 e. The lowest BCUT2D eigenvalue weighted by Gasteiger charge is -2.31. The minimum atomic E-state index is -0.687. The van der Waals surface area contributed by atoms with Gasteiger partial charge in [0.15, 0.2) is 0 Å². The summed E-state index contributed by atoms with van der Waals surface area (Å²) in [6.07, 6.45) is 4.62. The average molecular weight is 257 g/mol. The van der Waals surface area contributed by atoms with Crippen molar-refractivity contribution in [1.82, 2.24) is 5.32 Å². The van der Waals surface area contributed by atoms with Crippen LogP contribution in [-0.4, -0.2) is 11.6 Å². The van der Waals surface area contributed by atoms with Crippen LogP contribution in [0.4, 0.5) is 10.5 Å². The molecule has 1 fully saturated rings. The fourth-order valence-corrected chi connectivity index (χ4v) is 2.44. The van der Waals surface area contributed by atoms with Gasteiger partial charge in [0.05, 0.1) is 6.07 Å². The number of carbonyl (C=O) groups excluding carboxylic acids is 1. The van der Waals surface area contributed by atoms with Gasteiger partial charge >= 0.3 is 6.03 Å². The maximum absolute atomic E-state index is 12.0. The fourth-order valence-electron chi connectivity index (χ4n) is 2.44. The summed E-state index contributed by atoms with van der Waals surface area (Å²) in [5.41, 5.74) is 1.20. The summed E-state index contributed by atoms with van der Waals surface area (Å²) in [6.45, 7) is 2.00. The normalized spacial score (nSPS) is 17.3. The molecule has 1 aromatic carbocycles. The van der Waals surface area contributed by atoms with Gasteiger partial charge in [-0.05, 0) is 31.9 Å². The Hall–Kier alpha value is -2.02. The molecule has 0 aliphatic heterocycles. The first-order chi connectivity index (χ1) is 9.13. The third-order valence-electron chi connectivity index (χ3n) is 3.58. The van der Waals surface area contributed by atoms with Crippen LogP contribution in [0.2, 0.25) is 0 Å². The Morgan fingerprint density at radius 3 is 2.42 bits per heavy atom. The zero-order valence-corrected chi connectivity index (χ0v) is 11.2. The van der Waals surface area contributed by atoms with Gasteiger partial charge in [-0.1, -0.05) is 37.0 Å². The number of nitriles is 1. The number of nitrogens with one attached hydrogen (secondary N) is 2. The van der Waals surface area contributed by atoms with Crippen molar-refractivity contribution in [3.8, 4) is 6.07 Å². The van der Waals surface area contributed by atoms with Gasteiger partial charge in [-0.15, -0.1) is 0 Å². The lowest BCUT2D eigenvalue weighted by Crippen LogP contribution is -2.50. The Morgan fingerprint density at radius 1 is 1.21 bits per heavy atom. The Labute approximate surface area is 113 Å². The zero-order chi connectivity index (χ0) is 13.7. The highest BCUT2D eigenvalue weighted by atomic mass is 16.2. The van der Waals surface area contributed by atoms with E-state index in [-0.39, 0.29) is 6.03 Å². The van der Waals surface area contributed by atoms with Crippen LogP contribution >= 0.6 is 0 Å². The molecule has 100 valence electrons. The van der Waals surface area contributed by atoms with E-state index in [2.05, 4.69) is 16.7 Å². The van der Waals surface area contributed by atoms with E-state index in [1.54, 1.807) is 0 Å². The molecule has 2 rings (SSSR count). The molecule has 0 aromatic heterocycles. The van der Waals surface area contributed by atoms with E-state index >= 15 is 0 Å². The maximum atomic E-state index is 12.0. The predicted molar refractivity (Wildman–Crippen MR) is 74.8 cm³/mol. The molecular weight excluding hydrogens is 238 g/mol. The van der Waals surface area contributed by atoms with Crippen molar-refractivity contribution < 1.29 is 4.79 Å². The van der Waals surface area contributed by atoms with Crippen molar-refractivity contribution in [3.63, 3.8) is 0 Å². The number of hydrogen-bond donors (Lipinski definition) is 2. The van der Waals surface area contributed by atoms with Crippen molar-refractivity contribution in [2.75, 3.05) is 5.32 Å². The number of nitrogens with zero attached hydrogens (tertiary/aromatic N) is 1. The first-order valence-electron chi connectivity index (χ1n) is 6.71. The van der Waals surface area contributed by atoms with E-state index < -0.39 is 5.54 Å². The van der Waals surface area contributed by atoms with Gasteiger partial charge in [0, 0.05) is 5.69 Å². The Morgan fingerprint density at radius 2 is 1.84 bits per heavy atom. The molecule has 0 unspecified atom stereocenters. The quantitative estimate of drug-likeness (QED) is 0.853. The second-order valence-electron chi connectivity index (χ2n) is 5.20. The second kappa shape index (κ2) is 5.75. The molecule has 0 saturated heterocycles. The Balaban J connectivity index is 1.96.